The number of fused-ring (bicyclic) bond motifs is 1. The van der Waals surface area contributed by atoms with Crippen LogP contribution in [0.2, 0.25) is 0 Å². The summed E-state index contributed by atoms with van der Waals surface area (Å²) in [6.07, 6.45) is 17.9. The van der Waals surface area contributed by atoms with Crippen molar-refractivity contribution in [3.8, 4) is 11.5 Å². The molecule has 3 heteroatoms. The minimum Gasteiger partial charge on any atom is -0.508 e. The number of phenolic OH excluding ortho intramolecular Hbond substituents is 1. The second-order valence-electron chi connectivity index (χ2n) is 12.1. The van der Waals surface area contributed by atoms with Crippen LogP contribution in [0, 0.1) is 0 Å². The summed E-state index contributed by atoms with van der Waals surface area (Å²) in [5, 5.41) is 10.3. The lowest BCUT2D eigenvalue weighted by atomic mass is 9.75. The first-order valence-corrected chi connectivity index (χ1v) is 16.1. The summed E-state index contributed by atoms with van der Waals surface area (Å²) in [5.41, 5.74) is 5.08. The number of hydrogen-bond donors (Lipinski definition) is 1. The number of hydrogen-bond acceptors (Lipinski definition) is 3. The van der Waals surface area contributed by atoms with E-state index in [-0.39, 0.29) is 11.8 Å². The van der Waals surface area contributed by atoms with Gasteiger partial charge >= 0.3 is 0 Å². The summed E-state index contributed by atoms with van der Waals surface area (Å²) in [4.78, 5) is 2.65. The van der Waals surface area contributed by atoms with Crippen LogP contribution in [0.5, 0.6) is 11.5 Å². The van der Waals surface area contributed by atoms with Crippen LogP contribution in [-0.4, -0.2) is 36.2 Å². The number of rotatable bonds is 15. The van der Waals surface area contributed by atoms with Gasteiger partial charge in [0.15, 0.2) is 0 Å². The predicted octanol–water partition coefficient (Wildman–Crippen LogP) is 9.24. The average Bonchev–Trinajstić information content (AvgIpc) is 3.51. The number of benzene rings is 3. The Morgan fingerprint density at radius 1 is 0.675 bits per heavy atom. The zero-order chi connectivity index (χ0) is 27.4. The number of aromatic hydroxyl groups is 1. The van der Waals surface area contributed by atoms with Gasteiger partial charge in [-0.25, -0.2) is 0 Å². The largest absolute Gasteiger partial charge is 0.508 e. The van der Waals surface area contributed by atoms with E-state index in [2.05, 4.69) is 59.5 Å². The summed E-state index contributed by atoms with van der Waals surface area (Å²) >= 11 is 0. The van der Waals surface area contributed by atoms with E-state index >= 15 is 0 Å². The molecule has 5 rings (SSSR count). The highest BCUT2D eigenvalue weighted by molar-refractivity contribution is 5.50. The topological polar surface area (TPSA) is 32.7 Å². The molecule has 0 aromatic heterocycles. The molecular weight excluding hydrogens is 490 g/mol. The maximum atomic E-state index is 10.3. The molecule has 2 aliphatic heterocycles. The van der Waals surface area contributed by atoms with E-state index in [4.69, 9.17) is 4.74 Å². The van der Waals surface area contributed by atoms with Crippen LogP contribution in [0.1, 0.15) is 111 Å². The molecule has 0 aliphatic carbocycles. The third kappa shape index (κ3) is 8.13. The first-order chi connectivity index (χ1) is 19.8. The van der Waals surface area contributed by atoms with Crippen LogP contribution in [0.3, 0.4) is 0 Å². The maximum absolute atomic E-state index is 10.3. The Morgan fingerprint density at radius 2 is 1.32 bits per heavy atom. The van der Waals surface area contributed by atoms with E-state index in [0.29, 0.717) is 12.4 Å². The first-order valence-electron chi connectivity index (χ1n) is 16.1. The summed E-state index contributed by atoms with van der Waals surface area (Å²) in [5.74, 6) is 1.57. The number of unbranched alkanes of at least 4 members (excludes halogenated alkanes) is 9. The molecule has 2 aliphatic rings. The number of nitrogens with zero attached hydrogens (tertiary/aromatic N) is 1. The Hall–Kier alpha value is -2.78. The summed E-state index contributed by atoms with van der Waals surface area (Å²) in [6, 6.07) is 25.4. The Morgan fingerprint density at radius 3 is 2.02 bits per heavy atom. The van der Waals surface area contributed by atoms with Crippen molar-refractivity contribution in [3.63, 3.8) is 0 Å². The molecule has 1 saturated heterocycles. The van der Waals surface area contributed by atoms with Crippen LogP contribution in [-0.2, 0) is 6.42 Å². The SMILES string of the molecule is Oc1ccc2c(c1)[C@@H](c1ccc(CCCCCCCCCCCCN3CCCC3)cc1)[C@@H](c1ccccc1)CO2. The fourth-order valence-electron chi connectivity index (χ4n) is 6.78. The van der Waals surface area contributed by atoms with Gasteiger partial charge in [0.1, 0.15) is 11.5 Å². The van der Waals surface area contributed by atoms with Crippen LogP contribution in [0.25, 0.3) is 0 Å². The monoisotopic (exact) mass is 539 g/mol. The molecule has 0 spiro atoms. The van der Waals surface area contributed by atoms with Crippen molar-refractivity contribution in [1.82, 2.24) is 4.90 Å². The highest BCUT2D eigenvalue weighted by atomic mass is 16.5. The predicted molar refractivity (Wildman–Crippen MR) is 167 cm³/mol. The van der Waals surface area contributed by atoms with Gasteiger partial charge in [0.05, 0.1) is 6.61 Å². The highest BCUT2D eigenvalue weighted by Crippen LogP contribution is 2.47. The molecule has 3 aromatic rings. The summed E-state index contributed by atoms with van der Waals surface area (Å²) in [6.45, 7) is 4.67. The van der Waals surface area contributed by atoms with E-state index in [1.807, 2.05) is 12.1 Å². The average molecular weight is 540 g/mol. The second kappa shape index (κ2) is 15.3. The Labute approximate surface area is 242 Å². The summed E-state index contributed by atoms with van der Waals surface area (Å²) < 4.78 is 6.15. The molecular formula is C37H49NO2. The van der Waals surface area contributed by atoms with Gasteiger partial charge in [0.2, 0.25) is 0 Å². The van der Waals surface area contributed by atoms with Gasteiger partial charge in [-0.05, 0) is 86.6 Å². The van der Waals surface area contributed by atoms with Crippen molar-refractivity contribution >= 4 is 0 Å². The van der Waals surface area contributed by atoms with E-state index in [1.165, 1.54) is 113 Å². The molecule has 214 valence electrons. The van der Waals surface area contributed by atoms with Gasteiger partial charge in [-0.2, -0.15) is 0 Å². The molecule has 3 aromatic carbocycles. The van der Waals surface area contributed by atoms with Crippen LogP contribution in [0.15, 0.2) is 72.8 Å². The third-order valence-electron chi connectivity index (χ3n) is 9.10. The smallest absolute Gasteiger partial charge is 0.123 e. The Balaban J connectivity index is 1.03. The fraction of sp³-hybridized carbons (Fsp3) is 0.514. The van der Waals surface area contributed by atoms with Crippen LogP contribution in [0.4, 0.5) is 0 Å². The lowest BCUT2D eigenvalue weighted by Gasteiger charge is -2.34. The van der Waals surface area contributed by atoms with Crippen molar-refractivity contribution in [2.45, 2.75) is 95.3 Å². The molecule has 0 unspecified atom stereocenters. The molecule has 0 radical (unpaired) electrons. The van der Waals surface area contributed by atoms with Gasteiger partial charge < -0.3 is 14.7 Å². The van der Waals surface area contributed by atoms with Crippen molar-refractivity contribution in [2.24, 2.45) is 0 Å². The molecule has 2 atom stereocenters. The van der Waals surface area contributed by atoms with Gasteiger partial charge in [0, 0.05) is 17.4 Å². The third-order valence-corrected chi connectivity index (χ3v) is 9.10. The van der Waals surface area contributed by atoms with Crippen LogP contribution < -0.4 is 4.74 Å². The van der Waals surface area contributed by atoms with E-state index in [9.17, 15) is 5.11 Å². The van der Waals surface area contributed by atoms with Gasteiger partial charge in [0.25, 0.3) is 0 Å². The zero-order valence-corrected chi connectivity index (χ0v) is 24.4. The van der Waals surface area contributed by atoms with Crippen molar-refractivity contribution in [3.05, 3.63) is 95.1 Å². The zero-order valence-electron chi connectivity index (χ0n) is 24.4. The molecule has 0 saturated carbocycles. The Bertz CT molecular complexity index is 1140. The van der Waals surface area contributed by atoms with E-state index in [0.717, 1.165) is 17.7 Å². The number of likely N-dealkylation sites (tertiary alicyclic amines) is 1. The second-order valence-corrected chi connectivity index (χ2v) is 12.1. The van der Waals surface area contributed by atoms with Crippen molar-refractivity contribution in [2.75, 3.05) is 26.2 Å². The molecule has 40 heavy (non-hydrogen) atoms. The molecule has 1 N–H and O–H groups in total. The minimum absolute atomic E-state index is 0.164. The highest BCUT2D eigenvalue weighted by Gasteiger charge is 2.33. The maximum Gasteiger partial charge on any atom is 0.123 e. The first kappa shape index (κ1) is 28.7. The number of aryl methyl sites for hydroxylation is 1. The standard InChI is InChI=1S/C37H49NO2/c39-33-23-24-36-34(28-33)37(35(29-40-36)31-17-11-9-12-18-31)32-21-19-30(20-22-32)16-10-7-5-3-1-2-4-6-8-13-25-38-26-14-15-27-38/h9,11-12,17-24,28,35,37,39H,1-8,10,13-16,25-27,29H2/t35-,37-/m1/s1. The minimum atomic E-state index is 0.164. The van der Waals surface area contributed by atoms with Crippen LogP contribution >= 0.6 is 0 Å². The number of ether oxygens (including phenoxy) is 1. The molecule has 3 nitrogen and oxygen atoms in total. The molecule has 0 amide bonds. The normalized spacial score (nSPS) is 18.9. The summed E-state index contributed by atoms with van der Waals surface area (Å²) in [7, 11) is 0. The molecule has 1 fully saturated rings. The quantitative estimate of drug-likeness (QED) is 0.195. The fourth-order valence-corrected chi connectivity index (χ4v) is 6.78. The van der Waals surface area contributed by atoms with E-state index in [1.54, 1.807) is 6.07 Å². The van der Waals surface area contributed by atoms with Crippen molar-refractivity contribution < 1.29 is 9.84 Å². The lowest BCUT2D eigenvalue weighted by molar-refractivity contribution is 0.248. The Kier molecular flexibility index (Phi) is 11.0. The molecule has 2 heterocycles. The van der Waals surface area contributed by atoms with Gasteiger partial charge in [-0.1, -0.05) is 106 Å². The molecule has 0 bridgehead atoms. The van der Waals surface area contributed by atoms with Crippen molar-refractivity contribution in [1.29, 1.82) is 0 Å². The number of phenols is 1. The van der Waals surface area contributed by atoms with E-state index < -0.39 is 0 Å². The van der Waals surface area contributed by atoms with Gasteiger partial charge in [-0.15, -0.1) is 0 Å². The van der Waals surface area contributed by atoms with Gasteiger partial charge in [-0.3, -0.25) is 0 Å². The lowest BCUT2D eigenvalue weighted by Crippen LogP contribution is -2.25.